The smallest absolute Gasteiger partial charge is 0.309 e. The van der Waals surface area contributed by atoms with Crippen molar-refractivity contribution in [3.8, 4) is 0 Å². The Labute approximate surface area is 83.0 Å². The second-order valence-electron chi connectivity index (χ2n) is 2.55. The fourth-order valence-corrected chi connectivity index (χ4v) is 0.801. The largest absolute Gasteiger partial charge is 0.348 e. The number of halogens is 1. The lowest BCUT2D eigenvalue weighted by atomic mass is 10.4. The third kappa shape index (κ3) is 6.40. The van der Waals surface area contributed by atoms with Crippen LogP contribution in [0.25, 0.3) is 0 Å². The lowest BCUT2D eigenvalue weighted by Gasteiger charge is -2.03. The molecule has 0 unspecified atom stereocenters. The number of hydrogen-bond donors (Lipinski definition) is 2. The average Bonchev–Trinajstić information content (AvgIpc) is 2.14. The summed E-state index contributed by atoms with van der Waals surface area (Å²) in [7, 11) is 0. The molecular weight excluding hydrogens is 192 g/mol. The molecule has 0 saturated carbocycles. The fraction of sp³-hybridized carbons (Fsp3) is 0.750. The van der Waals surface area contributed by atoms with E-state index in [1.807, 2.05) is 6.92 Å². The van der Waals surface area contributed by atoms with E-state index in [0.29, 0.717) is 25.4 Å². The van der Waals surface area contributed by atoms with Crippen molar-refractivity contribution in [1.29, 1.82) is 0 Å². The first-order chi connectivity index (χ1) is 6.22. The molecule has 0 bridgehead atoms. The highest BCUT2D eigenvalue weighted by atomic mass is 35.5. The highest BCUT2D eigenvalue weighted by Gasteiger charge is 2.10. The SMILES string of the molecule is CCCNC(=O)C(=O)NCCCCl. The molecule has 4 nitrogen and oxygen atoms in total. The summed E-state index contributed by atoms with van der Waals surface area (Å²) >= 11 is 5.40. The molecule has 0 heterocycles. The van der Waals surface area contributed by atoms with Gasteiger partial charge in [-0.05, 0) is 12.8 Å². The molecule has 0 radical (unpaired) electrons. The highest BCUT2D eigenvalue weighted by molar-refractivity contribution is 6.35. The lowest BCUT2D eigenvalue weighted by Crippen LogP contribution is -2.40. The summed E-state index contributed by atoms with van der Waals surface area (Å²) in [5.74, 6) is -0.674. The fourth-order valence-electron chi connectivity index (χ4n) is 0.668. The predicted molar refractivity (Wildman–Crippen MR) is 51.6 cm³/mol. The molecule has 0 aromatic carbocycles. The molecule has 0 atom stereocenters. The van der Waals surface area contributed by atoms with Crippen LogP contribution in [0.15, 0.2) is 0 Å². The van der Waals surface area contributed by atoms with E-state index in [9.17, 15) is 9.59 Å². The molecule has 2 N–H and O–H groups in total. The number of alkyl halides is 1. The molecule has 0 aliphatic rings. The molecular formula is C8H15ClN2O2. The van der Waals surface area contributed by atoms with Gasteiger partial charge in [-0.15, -0.1) is 11.6 Å². The number of hydrogen-bond acceptors (Lipinski definition) is 2. The lowest BCUT2D eigenvalue weighted by molar-refractivity contribution is -0.139. The van der Waals surface area contributed by atoms with Crippen molar-refractivity contribution < 1.29 is 9.59 Å². The van der Waals surface area contributed by atoms with E-state index in [1.165, 1.54) is 0 Å². The van der Waals surface area contributed by atoms with Gasteiger partial charge in [-0.2, -0.15) is 0 Å². The zero-order valence-corrected chi connectivity index (χ0v) is 8.49. The topological polar surface area (TPSA) is 58.2 Å². The molecule has 0 aromatic heterocycles. The Balaban J connectivity index is 3.51. The van der Waals surface area contributed by atoms with E-state index in [0.717, 1.165) is 6.42 Å². The van der Waals surface area contributed by atoms with Crippen molar-refractivity contribution in [2.24, 2.45) is 0 Å². The maximum absolute atomic E-state index is 11.0. The molecule has 0 aromatic rings. The van der Waals surface area contributed by atoms with E-state index in [1.54, 1.807) is 0 Å². The molecule has 0 aliphatic carbocycles. The number of amides is 2. The number of nitrogens with one attached hydrogen (secondary N) is 2. The Morgan fingerprint density at radius 1 is 1.15 bits per heavy atom. The molecule has 5 heteroatoms. The van der Waals surface area contributed by atoms with Gasteiger partial charge < -0.3 is 10.6 Å². The van der Waals surface area contributed by atoms with Gasteiger partial charge in [0.15, 0.2) is 0 Å². The van der Waals surface area contributed by atoms with E-state index in [2.05, 4.69) is 10.6 Å². The van der Waals surface area contributed by atoms with Crippen molar-refractivity contribution in [3.05, 3.63) is 0 Å². The molecule has 0 rings (SSSR count). The first kappa shape index (κ1) is 12.2. The predicted octanol–water partition coefficient (Wildman–Crippen LogP) is 0.258. The van der Waals surface area contributed by atoms with Crippen molar-refractivity contribution >= 4 is 23.4 Å². The molecule has 0 saturated heterocycles. The van der Waals surface area contributed by atoms with Crippen molar-refractivity contribution in [1.82, 2.24) is 10.6 Å². The van der Waals surface area contributed by atoms with Gasteiger partial charge in [0.05, 0.1) is 0 Å². The van der Waals surface area contributed by atoms with Gasteiger partial charge in [0.25, 0.3) is 0 Å². The van der Waals surface area contributed by atoms with E-state index < -0.39 is 11.8 Å². The third-order valence-electron chi connectivity index (χ3n) is 1.34. The summed E-state index contributed by atoms with van der Waals surface area (Å²) in [6, 6.07) is 0. The summed E-state index contributed by atoms with van der Waals surface area (Å²) < 4.78 is 0. The number of rotatable bonds is 5. The van der Waals surface area contributed by atoms with E-state index >= 15 is 0 Å². The van der Waals surface area contributed by atoms with Crippen LogP contribution >= 0.6 is 11.6 Å². The van der Waals surface area contributed by atoms with Crippen LogP contribution in [-0.4, -0.2) is 30.8 Å². The minimum Gasteiger partial charge on any atom is -0.348 e. The zero-order valence-electron chi connectivity index (χ0n) is 7.73. The van der Waals surface area contributed by atoms with Gasteiger partial charge in [-0.3, -0.25) is 9.59 Å². The van der Waals surface area contributed by atoms with Crippen molar-refractivity contribution in [2.75, 3.05) is 19.0 Å². The maximum atomic E-state index is 11.0. The minimum atomic E-state index is -0.585. The van der Waals surface area contributed by atoms with Crippen LogP contribution in [0.1, 0.15) is 19.8 Å². The second kappa shape index (κ2) is 7.86. The number of carbonyl (C=O) groups excluding carboxylic acids is 2. The molecule has 0 spiro atoms. The number of carbonyl (C=O) groups is 2. The Morgan fingerprint density at radius 2 is 1.69 bits per heavy atom. The van der Waals surface area contributed by atoms with Gasteiger partial charge in [0, 0.05) is 19.0 Å². The summed E-state index contributed by atoms with van der Waals surface area (Å²) in [4.78, 5) is 21.9. The normalized spacial score (nSPS) is 9.38. The third-order valence-corrected chi connectivity index (χ3v) is 1.61. The minimum absolute atomic E-state index is 0.446. The van der Waals surface area contributed by atoms with Gasteiger partial charge in [0.2, 0.25) is 0 Å². The summed E-state index contributed by atoms with van der Waals surface area (Å²) in [6.07, 6.45) is 1.50. The Kier molecular flexibility index (Phi) is 7.39. The van der Waals surface area contributed by atoms with Crippen LogP contribution in [0, 0.1) is 0 Å². The van der Waals surface area contributed by atoms with Gasteiger partial charge in [-0.25, -0.2) is 0 Å². The molecule has 2 amide bonds. The first-order valence-electron chi connectivity index (χ1n) is 4.34. The molecule has 0 aliphatic heterocycles. The standard InChI is InChI=1S/C8H15ClN2O2/c1-2-5-10-7(12)8(13)11-6-3-4-9/h2-6H2,1H3,(H,10,12)(H,11,13). The molecule has 0 fully saturated rings. The average molecular weight is 207 g/mol. The van der Waals surface area contributed by atoms with E-state index in [-0.39, 0.29) is 0 Å². The van der Waals surface area contributed by atoms with Crippen LogP contribution in [0.2, 0.25) is 0 Å². The summed E-state index contributed by atoms with van der Waals surface area (Å²) in [6.45, 7) is 2.90. The maximum Gasteiger partial charge on any atom is 0.309 e. The highest BCUT2D eigenvalue weighted by Crippen LogP contribution is 1.81. The van der Waals surface area contributed by atoms with Gasteiger partial charge >= 0.3 is 11.8 Å². The van der Waals surface area contributed by atoms with Crippen LogP contribution in [0.3, 0.4) is 0 Å². The molecule has 76 valence electrons. The van der Waals surface area contributed by atoms with Crippen LogP contribution in [-0.2, 0) is 9.59 Å². The van der Waals surface area contributed by atoms with Crippen LogP contribution in [0.4, 0.5) is 0 Å². The van der Waals surface area contributed by atoms with Gasteiger partial charge in [0.1, 0.15) is 0 Å². The zero-order chi connectivity index (χ0) is 10.1. The second-order valence-corrected chi connectivity index (χ2v) is 2.93. The molecule has 13 heavy (non-hydrogen) atoms. The Hall–Kier alpha value is -0.770. The van der Waals surface area contributed by atoms with Crippen molar-refractivity contribution in [2.45, 2.75) is 19.8 Å². The first-order valence-corrected chi connectivity index (χ1v) is 4.87. The van der Waals surface area contributed by atoms with Crippen molar-refractivity contribution in [3.63, 3.8) is 0 Å². The Bertz CT molecular complexity index is 174. The quantitative estimate of drug-likeness (QED) is 0.385. The van der Waals surface area contributed by atoms with E-state index in [4.69, 9.17) is 11.6 Å². The van der Waals surface area contributed by atoms with Gasteiger partial charge in [-0.1, -0.05) is 6.92 Å². The van der Waals surface area contributed by atoms with Crippen LogP contribution in [0.5, 0.6) is 0 Å². The summed E-state index contributed by atoms with van der Waals surface area (Å²) in [5, 5.41) is 4.93. The monoisotopic (exact) mass is 206 g/mol. The van der Waals surface area contributed by atoms with Crippen LogP contribution < -0.4 is 10.6 Å². The summed E-state index contributed by atoms with van der Waals surface area (Å²) in [5.41, 5.74) is 0. The Morgan fingerprint density at radius 3 is 2.15 bits per heavy atom.